The lowest BCUT2D eigenvalue weighted by molar-refractivity contribution is -0.121. The SMILES string of the molecule is COC1=CC(=O)C(OC)=C(CCCCCC2=C(OC)C(=O)C(CCCCCC3=C(OC)C(=O)C=C(OC)C3=O)=C(OC)C2=O)C1=O. The van der Waals surface area contributed by atoms with E-state index >= 15 is 0 Å². The summed E-state index contributed by atoms with van der Waals surface area (Å²) in [4.78, 5) is 76.7. The van der Waals surface area contributed by atoms with Gasteiger partial charge in [0.2, 0.25) is 34.7 Å². The smallest absolute Gasteiger partial charge is 0.227 e. The average Bonchev–Trinajstić information content (AvgIpc) is 3.05. The molecule has 12 nitrogen and oxygen atoms in total. The predicted octanol–water partition coefficient (Wildman–Crippen LogP) is 4.01. The number of carbonyl (C=O) groups excluding carboxylic acids is 6. The molecule has 0 saturated carbocycles. The van der Waals surface area contributed by atoms with Crippen molar-refractivity contribution >= 4 is 34.7 Å². The summed E-state index contributed by atoms with van der Waals surface area (Å²) in [5, 5.41) is 0. The van der Waals surface area contributed by atoms with Crippen LogP contribution in [0.2, 0.25) is 0 Å². The van der Waals surface area contributed by atoms with E-state index < -0.39 is 34.7 Å². The molecule has 3 aliphatic rings. The first-order chi connectivity index (χ1) is 22.1. The van der Waals surface area contributed by atoms with Crippen LogP contribution in [0.5, 0.6) is 0 Å². The van der Waals surface area contributed by atoms with Crippen LogP contribution in [0, 0.1) is 0 Å². The van der Waals surface area contributed by atoms with Gasteiger partial charge in [-0.15, -0.1) is 0 Å². The molecule has 12 heteroatoms. The Hall–Kier alpha value is -4.74. The van der Waals surface area contributed by atoms with E-state index in [0.717, 1.165) is 12.2 Å². The Kier molecular flexibility index (Phi) is 12.8. The number of methoxy groups -OCH3 is 6. The molecule has 0 N–H and O–H groups in total. The summed E-state index contributed by atoms with van der Waals surface area (Å²) in [5.74, 6) is -2.62. The molecule has 248 valence electrons. The molecular weight excluding hydrogens is 600 g/mol. The Morgan fingerprint density at radius 2 is 0.652 bits per heavy atom. The fraction of sp³-hybridized carbons (Fsp3) is 0.471. The Morgan fingerprint density at radius 1 is 0.370 bits per heavy atom. The minimum absolute atomic E-state index is 0.00240. The van der Waals surface area contributed by atoms with Crippen molar-refractivity contribution in [3.8, 4) is 0 Å². The molecule has 0 fully saturated rings. The lowest BCUT2D eigenvalue weighted by Crippen LogP contribution is -2.26. The molecule has 0 unspecified atom stereocenters. The van der Waals surface area contributed by atoms with E-state index in [1.54, 1.807) is 0 Å². The summed E-state index contributed by atoms with van der Waals surface area (Å²) in [6.07, 6.45) is 6.54. The number of Topliss-reactive ketones (excluding diaryl/α,β-unsaturated/α-hetero) is 4. The number of ketones is 6. The van der Waals surface area contributed by atoms with E-state index in [-0.39, 0.29) is 82.5 Å². The number of allylic oxidation sites excluding steroid dienone is 6. The van der Waals surface area contributed by atoms with Crippen molar-refractivity contribution in [3.05, 3.63) is 69.0 Å². The van der Waals surface area contributed by atoms with Gasteiger partial charge < -0.3 is 28.4 Å². The zero-order valence-electron chi connectivity index (χ0n) is 27.1. The van der Waals surface area contributed by atoms with Crippen molar-refractivity contribution in [2.45, 2.75) is 64.2 Å². The molecule has 0 amide bonds. The third-order valence-electron chi connectivity index (χ3n) is 7.99. The minimum atomic E-state index is -0.434. The molecule has 0 saturated heterocycles. The van der Waals surface area contributed by atoms with E-state index in [1.165, 1.54) is 42.7 Å². The quantitative estimate of drug-likeness (QED) is 0.157. The van der Waals surface area contributed by atoms with Crippen molar-refractivity contribution in [2.75, 3.05) is 42.7 Å². The van der Waals surface area contributed by atoms with Gasteiger partial charge in [-0.25, -0.2) is 0 Å². The van der Waals surface area contributed by atoms with E-state index in [1.807, 2.05) is 0 Å². The molecule has 46 heavy (non-hydrogen) atoms. The standard InChI is InChI=1S/C34H40O12/c1-41-25-17-23(35)31(43-3)19(27(25)37)13-9-7-11-15-21-29(39)34(46-6)22(30(40)33(21)45-5)16-12-8-10-14-20-28(38)26(42-2)18-24(36)32(20)44-4/h17-18H,7-16H2,1-6H3. The van der Waals surface area contributed by atoms with Gasteiger partial charge in [0.25, 0.3) is 0 Å². The van der Waals surface area contributed by atoms with Crippen LogP contribution in [-0.2, 0) is 57.2 Å². The van der Waals surface area contributed by atoms with Gasteiger partial charge in [0, 0.05) is 34.4 Å². The lowest BCUT2D eigenvalue weighted by Gasteiger charge is -2.22. The highest BCUT2D eigenvalue weighted by Gasteiger charge is 2.36. The molecule has 0 aliphatic heterocycles. The van der Waals surface area contributed by atoms with Gasteiger partial charge in [-0.05, 0) is 51.4 Å². The van der Waals surface area contributed by atoms with Gasteiger partial charge >= 0.3 is 0 Å². The first-order valence-electron chi connectivity index (χ1n) is 15.0. The van der Waals surface area contributed by atoms with Crippen LogP contribution >= 0.6 is 0 Å². The van der Waals surface area contributed by atoms with Gasteiger partial charge in [0.05, 0.1) is 42.7 Å². The predicted molar refractivity (Wildman–Crippen MR) is 163 cm³/mol. The van der Waals surface area contributed by atoms with Crippen LogP contribution in [-0.4, -0.2) is 77.4 Å². The number of hydrogen-bond donors (Lipinski definition) is 0. The normalized spacial score (nSPS) is 17.5. The Bertz CT molecular complexity index is 1380. The molecule has 3 aliphatic carbocycles. The van der Waals surface area contributed by atoms with Crippen molar-refractivity contribution in [1.29, 1.82) is 0 Å². The molecule has 0 bridgehead atoms. The molecule has 0 aromatic rings. The third-order valence-corrected chi connectivity index (χ3v) is 7.99. The third kappa shape index (κ3) is 7.55. The van der Waals surface area contributed by atoms with Crippen LogP contribution in [0.25, 0.3) is 0 Å². The van der Waals surface area contributed by atoms with Crippen LogP contribution in [0.1, 0.15) is 64.2 Å². The maximum atomic E-state index is 13.4. The molecule has 0 atom stereocenters. The van der Waals surface area contributed by atoms with Crippen LogP contribution in [0.4, 0.5) is 0 Å². The van der Waals surface area contributed by atoms with Crippen molar-refractivity contribution in [3.63, 3.8) is 0 Å². The number of ether oxygens (including phenoxy) is 6. The molecule has 0 heterocycles. The fourth-order valence-corrected chi connectivity index (χ4v) is 5.71. The first kappa shape index (κ1) is 35.7. The first-order valence-corrected chi connectivity index (χ1v) is 15.0. The van der Waals surface area contributed by atoms with Gasteiger partial charge in [-0.1, -0.05) is 12.8 Å². The number of unbranched alkanes of at least 4 members (excludes halogenated alkanes) is 4. The second-order valence-corrected chi connectivity index (χ2v) is 10.6. The Balaban J connectivity index is 1.58. The lowest BCUT2D eigenvalue weighted by atomic mass is 9.87. The van der Waals surface area contributed by atoms with E-state index in [4.69, 9.17) is 28.4 Å². The van der Waals surface area contributed by atoms with Crippen LogP contribution in [0.15, 0.2) is 69.0 Å². The van der Waals surface area contributed by atoms with Crippen LogP contribution < -0.4 is 0 Å². The topological polar surface area (TPSA) is 158 Å². The number of carbonyl (C=O) groups is 6. The van der Waals surface area contributed by atoms with E-state index in [0.29, 0.717) is 38.5 Å². The van der Waals surface area contributed by atoms with Gasteiger partial charge in [0.15, 0.2) is 34.6 Å². The second kappa shape index (κ2) is 16.5. The maximum Gasteiger partial charge on any atom is 0.227 e. The van der Waals surface area contributed by atoms with Crippen molar-refractivity contribution in [2.24, 2.45) is 0 Å². The molecular formula is C34H40O12. The van der Waals surface area contributed by atoms with Crippen molar-refractivity contribution < 1.29 is 57.2 Å². The summed E-state index contributed by atoms with van der Waals surface area (Å²) in [6.45, 7) is 0. The summed E-state index contributed by atoms with van der Waals surface area (Å²) >= 11 is 0. The number of rotatable bonds is 18. The molecule has 0 aromatic carbocycles. The summed E-state index contributed by atoms with van der Waals surface area (Å²) in [5.41, 5.74) is 0.931. The monoisotopic (exact) mass is 640 g/mol. The highest BCUT2D eigenvalue weighted by molar-refractivity contribution is 6.24. The highest BCUT2D eigenvalue weighted by Crippen LogP contribution is 2.33. The van der Waals surface area contributed by atoms with Crippen LogP contribution in [0.3, 0.4) is 0 Å². The van der Waals surface area contributed by atoms with Crippen molar-refractivity contribution in [1.82, 2.24) is 0 Å². The zero-order chi connectivity index (χ0) is 34.0. The minimum Gasteiger partial charge on any atom is -0.493 e. The zero-order valence-corrected chi connectivity index (χ0v) is 27.1. The Morgan fingerprint density at radius 3 is 0.913 bits per heavy atom. The van der Waals surface area contributed by atoms with Gasteiger partial charge in [-0.3, -0.25) is 28.8 Å². The van der Waals surface area contributed by atoms with E-state index in [2.05, 4.69) is 0 Å². The maximum absolute atomic E-state index is 13.4. The largest absolute Gasteiger partial charge is 0.493 e. The van der Waals surface area contributed by atoms with E-state index in [9.17, 15) is 28.8 Å². The van der Waals surface area contributed by atoms with Gasteiger partial charge in [-0.2, -0.15) is 0 Å². The molecule has 3 rings (SSSR count). The molecule has 0 spiro atoms. The Labute approximate surface area is 267 Å². The number of hydrogen-bond acceptors (Lipinski definition) is 12. The fourth-order valence-electron chi connectivity index (χ4n) is 5.71. The molecule has 0 aromatic heterocycles. The highest BCUT2D eigenvalue weighted by atomic mass is 16.5. The summed E-state index contributed by atoms with van der Waals surface area (Å²) in [7, 11) is 7.99. The summed E-state index contributed by atoms with van der Waals surface area (Å²) in [6, 6.07) is 0. The summed E-state index contributed by atoms with van der Waals surface area (Å²) < 4.78 is 31.2. The van der Waals surface area contributed by atoms with Gasteiger partial charge in [0.1, 0.15) is 0 Å². The second-order valence-electron chi connectivity index (χ2n) is 10.6. The molecule has 0 radical (unpaired) electrons. The average molecular weight is 641 g/mol.